The van der Waals surface area contributed by atoms with Gasteiger partial charge < -0.3 is 15.0 Å². The van der Waals surface area contributed by atoms with E-state index in [0.717, 1.165) is 5.75 Å². The Hall–Kier alpha value is -2.75. The van der Waals surface area contributed by atoms with E-state index in [0.29, 0.717) is 24.5 Å². The van der Waals surface area contributed by atoms with E-state index >= 15 is 0 Å². The van der Waals surface area contributed by atoms with Crippen molar-refractivity contribution in [2.45, 2.75) is 0 Å². The number of hydrogen-bond acceptors (Lipinski definition) is 2. The lowest BCUT2D eigenvalue weighted by molar-refractivity contribution is 0.224. The second kappa shape index (κ2) is 6.13. The van der Waals surface area contributed by atoms with Crippen molar-refractivity contribution in [3.05, 3.63) is 66.7 Å². The third-order valence-electron chi connectivity index (χ3n) is 3.21. The minimum absolute atomic E-state index is 0.121. The van der Waals surface area contributed by atoms with E-state index in [1.54, 1.807) is 4.90 Å². The summed E-state index contributed by atoms with van der Waals surface area (Å²) in [5.74, 6) is 1.37. The molecular weight excluding hydrogens is 264 g/mol. The smallest absolute Gasteiger partial charge is 0.322 e. The van der Waals surface area contributed by atoms with Gasteiger partial charge in [0.2, 0.25) is 0 Å². The van der Waals surface area contributed by atoms with Crippen LogP contribution in [0.25, 0.3) is 0 Å². The van der Waals surface area contributed by atoms with Crippen LogP contribution in [-0.2, 0) is 0 Å². The van der Waals surface area contributed by atoms with Crippen LogP contribution < -0.4 is 10.1 Å². The zero-order chi connectivity index (χ0) is 14.5. The number of nitrogens with zero attached hydrogens (tertiary/aromatic N) is 1. The van der Waals surface area contributed by atoms with Gasteiger partial charge in [0, 0.05) is 13.1 Å². The maximum Gasteiger partial charge on any atom is 0.322 e. The summed E-state index contributed by atoms with van der Waals surface area (Å²) in [4.78, 5) is 13.9. The number of benzene rings is 2. The van der Waals surface area contributed by atoms with Crippen molar-refractivity contribution in [2.75, 3.05) is 18.4 Å². The van der Waals surface area contributed by atoms with Gasteiger partial charge in [-0.05, 0) is 24.3 Å². The van der Waals surface area contributed by atoms with E-state index < -0.39 is 0 Å². The number of anilines is 1. The highest BCUT2D eigenvalue weighted by molar-refractivity contribution is 5.91. The molecule has 2 amide bonds. The molecule has 0 bridgehead atoms. The first-order chi connectivity index (χ1) is 10.3. The largest absolute Gasteiger partial charge is 0.455 e. The van der Waals surface area contributed by atoms with E-state index in [-0.39, 0.29) is 6.03 Å². The van der Waals surface area contributed by atoms with Crippen LogP contribution in [0.15, 0.2) is 66.7 Å². The summed E-state index contributed by atoms with van der Waals surface area (Å²) in [6.45, 7) is 1.29. The van der Waals surface area contributed by atoms with Crippen LogP contribution in [0.2, 0.25) is 0 Å². The van der Waals surface area contributed by atoms with Gasteiger partial charge in [0.25, 0.3) is 0 Å². The molecule has 1 aliphatic rings. The monoisotopic (exact) mass is 280 g/mol. The number of ether oxygens (including phenoxy) is 1. The maximum absolute atomic E-state index is 12.1. The number of carbonyl (C=O) groups is 1. The average molecular weight is 280 g/mol. The van der Waals surface area contributed by atoms with Gasteiger partial charge in [-0.15, -0.1) is 0 Å². The number of hydrogen-bond donors (Lipinski definition) is 1. The summed E-state index contributed by atoms with van der Waals surface area (Å²) >= 11 is 0. The molecule has 4 heteroatoms. The van der Waals surface area contributed by atoms with Gasteiger partial charge in [-0.25, -0.2) is 4.79 Å². The minimum atomic E-state index is -0.121. The van der Waals surface area contributed by atoms with Crippen LogP contribution in [0.4, 0.5) is 10.5 Å². The molecule has 0 aromatic heterocycles. The molecule has 4 nitrogen and oxygen atoms in total. The second-order valence-electron chi connectivity index (χ2n) is 4.72. The molecule has 21 heavy (non-hydrogen) atoms. The Morgan fingerprint density at radius 1 is 0.952 bits per heavy atom. The zero-order valence-electron chi connectivity index (χ0n) is 11.5. The summed E-state index contributed by atoms with van der Waals surface area (Å²) in [6.07, 6.45) is 3.96. The number of amides is 2. The number of para-hydroxylation sites is 3. The fourth-order valence-corrected chi connectivity index (χ4v) is 2.11. The van der Waals surface area contributed by atoms with Crippen molar-refractivity contribution in [1.82, 2.24) is 4.90 Å². The maximum atomic E-state index is 12.1. The highest BCUT2D eigenvalue weighted by Gasteiger charge is 2.15. The number of rotatable bonds is 3. The van der Waals surface area contributed by atoms with Crippen LogP contribution >= 0.6 is 0 Å². The fraction of sp³-hybridized carbons (Fsp3) is 0.118. The molecule has 0 unspecified atom stereocenters. The zero-order valence-corrected chi connectivity index (χ0v) is 11.5. The molecule has 1 aliphatic heterocycles. The summed E-state index contributed by atoms with van der Waals surface area (Å²) < 4.78 is 5.82. The predicted octanol–water partition coefficient (Wildman–Crippen LogP) is 3.88. The molecule has 2 aromatic carbocycles. The Bertz CT molecular complexity index is 645. The Morgan fingerprint density at radius 2 is 1.62 bits per heavy atom. The van der Waals surface area contributed by atoms with E-state index in [2.05, 4.69) is 5.32 Å². The molecule has 0 atom stereocenters. The normalized spacial score (nSPS) is 13.2. The first kappa shape index (κ1) is 13.2. The third kappa shape index (κ3) is 3.23. The predicted molar refractivity (Wildman–Crippen MR) is 82.7 cm³/mol. The summed E-state index contributed by atoms with van der Waals surface area (Å²) in [5.41, 5.74) is 0.665. The third-order valence-corrected chi connectivity index (χ3v) is 3.21. The summed E-state index contributed by atoms with van der Waals surface area (Å²) in [6, 6.07) is 16.8. The van der Waals surface area contributed by atoms with Gasteiger partial charge in [-0.1, -0.05) is 42.5 Å². The first-order valence-corrected chi connectivity index (χ1v) is 6.86. The fourth-order valence-electron chi connectivity index (χ4n) is 2.11. The van der Waals surface area contributed by atoms with Crippen LogP contribution in [0.1, 0.15) is 0 Å². The summed E-state index contributed by atoms with van der Waals surface area (Å²) in [5, 5.41) is 2.89. The van der Waals surface area contributed by atoms with Crippen molar-refractivity contribution in [3.63, 3.8) is 0 Å². The molecule has 106 valence electrons. The van der Waals surface area contributed by atoms with E-state index in [1.165, 1.54) is 0 Å². The van der Waals surface area contributed by atoms with E-state index in [4.69, 9.17) is 4.74 Å². The second-order valence-corrected chi connectivity index (χ2v) is 4.72. The Labute approximate surface area is 123 Å². The molecule has 0 saturated heterocycles. The Morgan fingerprint density at radius 3 is 2.38 bits per heavy atom. The molecule has 1 N–H and O–H groups in total. The molecule has 0 spiro atoms. The Kier molecular flexibility index (Phi) is 3.87. The first-order valence-electron chi connectivity index (χ1n) is 6.86. The van der Waals surface area contributed by atoms with Crippen LogP contribution in [0, 0.1) is 0 Å². The van der Waals surface area contributed by atoms with Crippen molar-refractivity contribution in [2.24, 2.45) is 0 Å². The van der Waals surface area contributed by atoms with E-state index in [9.17, 15) is 4.79 Å². The molecule has 0 aliphatic carbocycles. The molecule has 2 aromatic rings. The Balaban J connectivity index is 1.74. The van der Waals surface area contributed by atoms with Gasteiger partial charge in [0.15, 0.2) is 5.75 Å². The van der Waals surface area contributed by atoms with Gasteiger partial charge in [0.1, 0.15) is 5.75 Å². The molecule has 3 rings (SSSR count). The highest BCUT2D eigenvalue weighted by Crippen LogP contribution is 2.29. The van der Waals surface area contributed by atoms with Gasteiger partial charge in [0.05, 0.1) is 5.69 Å². The van der Waals surface area contributed by atoms with Crippen LogP contribution in [-0.4, -0.2) is 24.0 Å². The molecule has 0 fully saturated rings. The van der Waals surface area contributed by atoms with Crippen LogP contribution in [0.5, 0.6) is 11.5 Å². The van der Waals surface area contributed by atoms with Crippen molar-refractivity contribution in [1.29, 1.82) is 0 Å². The van der Waals surface area contributed by atoms with Gasteiger partial charge >= 0.3 is 6.03 Å². The van der Waals surface area contributed by atoms with Crippen molar-refractivity contribution < 1.29 is 9.53 Å². The van der Waals surface area contributed by atoms with Gasteiger partial charge in [-0.3, -0.25) is 0 Å². The number of carbonyl (C=O) groups excluding carboxylic acids is 1. The standard InChI is InChI=1S/C17H16N2O2/c20-17(19-12-6-7-13-19)18-15-10-4-5-11-16(15)21-14-8-2-1-3-9-14/h1-11H,12-13H2,(H,18,20). The lowest BCUT2D eigenvalue weighted by Gasteiger charge is -2.18. The van der Waals surface area contributed by atoms with Crippen molar-refractivity contribution >= 4 is 11.7 Å². The minimum Gasteiger partial charge on any atom is -0.455 e. The van der Waals surface area contributed by atoms with Gasteiger partial charge in [-0.2, -0.15) is 0 Å². The topological polar surface area (TPSA) is 41.6 Å². The van der Waals surface area contributed by atoms with E-state index in [1.807, 2.05) is 66.7 Å². The van der Waals surface area contributed by atoms with Crippen molar-refractivity contribution in [3.8, 4) is 11.5 Å². The molecule has 0 saturated carbocycles. The summed E-state index contributed by atoms with van der Waals surface area (Å²) in [7, 11) is 0. The lowest BCUT2D eigenvalue weighted by Crippen LogP contribution is -2.32. The molecular formula is C17H16N2O2. The SMILES string of the molecule is O=C(Nc1ccccc1Oc1ccccc1)N1CC=CC1. The molecule has 0 radical (unpaired) electrons. The number of urea groups is 1. The van der Waals surface area contributed by atoms with Crippen LogP contribution in [0.3, 0.4) is 0 Å². The average Bonchev–Trinajstić information content (AvgIpc) is 3.05. The molecule has 1 heterocycles. The highest BCUT2D eigenvalue weighted by atomic mass is 16.5. The quantitative estimate of drug-likeness (QED) is 0.867. The lowest BCUT2D eigenvalue weighted by atomic mass is 10.3. The number of nitrogens with one attached hydrogen (secondary N) is 1.